The maximum absolute atomic E-state index is 11.8. The highest BCUT2D eigenvalue weighted by atomic mass is 32.1. The van der Waals surface area contributed by atoms with Crippen LogP contribution in [-0.2, 0) is 17.6 Å². The first kappa shape index (κ1) is 17.3. The molecule has 2 rings (SSSR count). The smallest absolute Gasteiger partial charge is 0.257 e. The van der Waals surface area contributed by atoms with E-state index >= 15 is 0 Å². The Morgan fingerprint density at radius 2 is 2.04 bits per heavy atom. The van der Waals surface area contributed by atoms with Gasteiger partial charge in [0.1, 0.15) is 0 Å². The standard InChI is InChI=1S/C17H22N2O3S/c1-4-13-12(2)23-17(19-13)9-10-18-16(20)11-22-15-8-6-5-7-14(15)21-3/h5-8H,4,9-11H2,1-3H3,(H,18,20). The molecule has 5 nitrogen and oxygen atoms in total. The summed E-state index contributed by atoms with van der Waals surface area (Å²) in [7, 11) is 1.57. The summed E-state index contributed by atoms with van der Waals surface area (Å²) in [4.78, 5) is 17.7. The second kappa shape index (κ2) is 8.53. The zero-order valence-corrected chi connectivity index (χ0v) is 14.5. The van der Waals surface area contributed by atoms with Crippen LogP contribution >= 0.6 is 11.3 Å². The van der Waals surface area contributed by atoms with Gasteiger partial charge in [-0.1, -0.05) is 19.1 Å². The first-order valence-electron chi connectivity index (χ1n) is 7.61. The Balaban J connectivity index is 1.74. The van der Waals surface area contributed by atoms with Crippen LogP contribution in [0.15, 0.2) is 24.3 Å². The van der Waals surface area contributed by atoms with E-state index in [-0.39, 0.29) is 12.5 Å². The molecule has 0 aliphatic rings. The minimum absolute atomic E-state index is 0.0303. The number of carbonyl (C=O) groups excluding carboxylic acids is 1. The average Bonchev–Trinajstić information content (AvgIpc) is 2.93. The number of thiazole rings is 1. The zero-order valence-electron chi connectivity index (χ0n) is 13.7. The lowest BCUT2D eigenvalue weighted by atomic mass is 10.3. The van der Waals surface area contributed by atoms with E-state index in [9.17, 15) is 4.79 Å². The number of nitrogens with one attached hydrogen (secondary N) is 1. The third-order valence-corrected chi connectivity index (χ3v) is 4.43. The van der Waals surface area contributed by atoms with Crippen molar-refractivity contribution in [3.05, 3.63) is 39.8 Å². The van der Waals surface area contributed by atoms with Gasteiger partial charge in [0.2, 0.25) is 0 Å². The minimum Gasteiger partial charge on any atom is -0.493 e. The molecule has 6 heteroatoms. The number of ether oxygens (including phenoxy) is 2. The molecule has 124 valence electrons. The number of amides is 1. The highest BCUT2D eigenvalue weighted by Crippen LogP contribution is 2.25. The van der Waals surface area contributed by atoms with Crippen LogP contribution in [-0.4, -0.2) is 31.2 Å². The van der Waals surface area contributed by atoms with Crippen LogP contribution in [0.2, 0.25) is 0 Å². The molecule has 0 aliphatic carbocycles. The van der Waals surface area contributed by atoms with E-state index in [1.54, 1.807) is 30.6 Å². The van der Waals surface area contributed by atoms with Crippen LogP contribution in [0.3, 0.4) is 0 Å². The summed E-state index contributed by atoms with van der Waals surface area (Å²) in [6.45, 7) is 4.71. The lowest BCUT2D eigenvalue weighted by Gasteiger charge is -2.10. The topological polar surface area (TPSA) is 60.5 Å². The monoisotopic (exact) mass is 334 g/mol. The maximum atomic E-state index is 11.8. The van der Waals surface area contributed by atoms with E-state index < -0.39 is 0 Å². The summed E-state index contributed by atoms with van der Waals surface area (Å²) in [5, 5.41) is 3.91. The fourth-order valence-electron chi connectivity index (χ4n) is 2.16. The lowest BCUT2D eigenvalue weighted by Crippen LogP contribution is -2.30. The average molecular weight is 334 g/mol. The Labute approximate surface area is 140 Å². The summed E-state index contributed by atoms with van der Waals surface area (Å²) in [6, 6.07) is 7.26. The van der Waals surface area contributed by atoms with Crippen molar-refractivity contribution in [3.63, 3.8) is 0 Å². The summed E-state index contributed by atoms with van der Waals surface area (Å²) >= 11 is 1.70. The van der Waals surface area contributed by atoms with Gasteiger partial charge in [0, 0.05) is 17.8 Å². The van der Waals surface area contributed by atoms with E-state index in [4.69, 9.17) is 9.47 Å². The molecule has 0 atom stereocenters. The highest BCUT2D eigenvalue weighted by molar-refractivity contribution is 7.11. The lowest BCUT2D eigenvalue weighted by molar-refractivity contribution is -0.123. The first-order chi connectivity index (χ1) is 11.1. The summed E-state index contributed by atoms with van der Waals surface area (Å²) in [5.74, 6) is 1.03. The van der Waals surface area contributed by atoms with Crippen molar-refractivity contribution in [1.29, 1.82) is 0 Å². The number of carbonyl (C=O) groups is 1. The van der Waals surface area contributed by atoms with Gasteiger partial charge >= 0.3 is 0 Å². The summed E-state index contributed by atoms with van der Waals surface area (Å²) in [6.07, 6.45) is 1.69. The van der Waals surface area contributed by atoms with Crippen LogP contribution in [0.4, 0.5) is 0 Å². The predicted molar refractivity (Wildman–Crippen MR) is 91.4 cm³/mol. The van der Waals surface area contributed by atoms with E-state index in [0.717, 1.165) is 23.5 Å². The highest BCUT2D eigenvalue weighted by Gasteiger charge is 2.08. The predicted octanol–water partition coefficient (Wildman–Crippen LogP) is 2.76. The van der Waals surface area contributed by atoms with Crippen LogP contribution in [0.5, 0.6) is 11.5 Å². The number of methoxy groups -OCH3 is 1. The van der Waals surface area contributed by atoms with Gasteiger partial charge in [-0.15, -0.1) is 11.3 Å². The van der Waals surface area contributed by atoms with Crippen molar-refractivity contribution >= 4 is 17.2 Å². The zero-order chi connectivity index (χ0) is 16.7. The number of hydrogen-bond acceptors (Lipinski definition) is 5. The van der Waals surface area contributed by atoms with Crippen LogP contribution in [0.25, 0.3) is 0 Å². The quantitative estimate of drug-likeness (QED) is 0.806. The largest absolute Gasteiger partial charge is 0.493 e. The molecule has 1 N–H and O–H groups in total. The molecule has 0 saturated carbocycles. The third kappa shape index (κ3) is 4.96. The second-order valence-electron chi connectivity index (χ2n) is 5.00. The number of rotatable bonds is 8. The molecule has 0 saturated heterocycles. The molecule has 0 spiro atoms. The van der Waals surface area contributed by atoms with E-state index in [2.05, 4.69) is 24.1 Å². The number of hydrogen-bond donors (Lipinski definition) is 1. The molecule has 2 aromatic rings. The fourth-order valence-corrected chi connectivity index (χ4v) is 3.19. The van der Waals surface area contributed by atoms with Crippen LogP contribution in [0.1, 0.15) is 22.5 Å². The molecule has 0 unspecified atom stereocenters. The van der Waals surface area contributed by atoms with Gasteiger partial charge in [-0.05, 0) is 25.5 Å². The minimum atomic E-state index is -0.153. The number of aryl methyl sites for hydroxylation is 2. The van der Waals surface area contributed by atoms with Crippen molar-refractivity contribution in [2.75, 3.05) is 20.3 Å². The molecule has 0 fully saturated rings. The van der Waals surface area contributed by atoms with Gasteiger partial charge in [0.15, 0.2) is 18.1 Å². The van der Waals surface area contributed by atoms with Crippen LogP contribution < -0.4 is 14.8 Å². The molecular weight excluding hydrogens is 312 g/mol. The van der Waals surface area contributed by atoms with Crippen molar-refractivity contribution in [3.8, 4) is 11.5 Å². The molecule has 0 bridgehead atoms. The molecule has 0 radical (unpaired) electrons. The molecule has 1 aromatic heterocycles. The van der Waals surface area contributed by atoms with Gasteiger partial charge < -0.3 is 14.8 Å². The van der Waals surface area contributed by atoms with E-state index in [0.29, 0.717) is 18.0 Å². The SMILES string of the molecule is CCc1nc(CCNC(=O)COc2ccccc2OC)sc1C. The summed E-state index contributed by atoms with van der Waals surface area (Å²) < 4.78 is 10.7. The Hall–Kier alpha value is -2.08. The Morgan fingerprint density at radius 1 is 1.30 bits per heavy atom. The number of nitrogens with zero attached hydrogens (tertiary/aromatic N) is 1. The van der Waals surface area contributed by atoms with Crippen molar-refractivity contribution in [1.82, 2.24) is 10.3 Å². The van der Waals surface area contributed by atoms with Crippen molar-refractivity contribution < 1.29 is 14.3 Å². The molecule has 0 aliphatic heterocycles. The van der Waals surface area contributed by atoms with E-state index in [1.165, 1.54) is 4.88 Å². The van der Waals surface area contributed by atoms with Gasteiger partial charge in [-0.25, -0.2) is 4.98 Å². The third-order valence-electron chi connectivity index (χ3n) is 3.36. The Kier molecular flexibility index (Phi) is 6.40. The molecule has 23 heavy (non-hydrogen) atoms. The number of benzene rings is 1. The normalized spacial score (nSPS) is 10.4. The van der Waals surface area contributed by atoms with Crippen molar-refractivity contribution in [2.45, 2.75) is 26.7 Å². The van der Waals surface area contributed by atoms with Crippen LogP contribution in [0, 0.1) is 6.92 Å². The number of para-hydroxylation sites is 2. The Bertz CT molecular complexity index is 655. The van der Waals surface area contributed by atoms with Crippen molar-refractivity contribution in [2.24, 2.45) is 0 Å². The van der Waals surface area contributed by atoms with Gasteiger partial charge in [-0.3, -0.25) is 4.79 Å². The van der Waals surface area contributed by atoms with E-state index in [1.807, 2.05) is 12.1 Å². The molecule has 1 heterocycles. The molecule has 1 amide bonds. The molecule has 1 aromatic carbocycles. The van der Waals surface area contributed by atoms with Gasteiger partial charge in [0.05, 0.1) is 17.8 Å². The molecular formula is C17H22N2O3S. The van der Waals surface area contributed by atoms with Gasteiger partial charge in [-0.2, -0.15) is 0 Å². The summed E-state index contributed by atoms with van der Waals surface area (Å²) in [5.41, 5.74) is 1.15. The number of aromatic nitrogens is 1. The second-order valence-corrected chi connectivity index (χ2v) is 6.29. The Morgan fingerprint density at radius 3 is 2.70 bits per heavy atom. The fraction of sp³-hybridized carbons (Fsp3) is 0.412. The first-order valence-corrected chi connectivity index (χ1v) is 8.43. The van der Waals surface area contributed by atoms with Gasteiger partial charge in [0.25, 0.3) is 5.91 Å². The maximum Gasteiger partial charge on any atom is 0.257 e.